The number of nitrogens with one attached hydrogen (secondary N) is 1. The molecule has 0 bridgehead atoms. The van der Waals surface area contributed by atoms with Gasteiger partial charge in [0.1, 0.15) is 5.82 Å². The van der Waals surface area contributed by atoms with Crippen LogP contribution in [0.5, 0.6) is 0 Å². The van der Waals surface area contributed by atoms with Gasteiger partial charge in [0.2, 0.25) is 0 Å². The second-order valence-electron chi connectivity index (χ2n) is 4.95. The zero-order valence-electron chi connectivity index (χ0n) is 10.4. The molecule has 0 saturated heterocycles. The van der Waals surface area contributed by atoms with Crippen LogP contribution >= 0.6 is 0 Å². The first-order chi connectivity index (χ1) is 8.72. The van der Waals surface area contributed by atoms with Gasteiger partial charge in [-0.3, -0.25) is 0 Å². The highest BCUT2D eigenvalue weighted by Crippen LogP contribution is 2.34. The SMILES string of the molecule is Cc1cccc(NC2CCc3cc(F)ccc32)c1. The number of rotatable bonds is 2. The number of hydrogen-bond acceptors (Lipinski definition) is 1. The summed E-state index contributed by atoms with van der Waals surface area (Å²) >= 11 is 0. The third-order valence-corrected chi connectivity index (χ3v) is 3.54. The lowest BCUT2D eigenvalue weighted by Gasteiger charge is -2.16. The fourth-order valence-electron chi connectivity index (χ4n) is 2.67. The Hall–Kier alpha value is -1.83. The second-order valence-corrected chi connectivity index (χ2v) is 4.95. The first-order valence-corrected chi connectivity index (χ1v) is 6.34. The first kappa shape index (κ1) is 11.3. The average Bonchev–Trinajstić information content (AvgIpc) is 2.72. The number of fused-ring (bicyclic) bond motifs is 1. The van der Waals surface area contributed by atoms with Gasteiger partial charge in [0.05, 0.1) is 6.04 Å². The highest BCUT2D eigenvalue weighted by Gasteiger charge is 2.22. The van der Waals surface area contributed by atoms with Gasteiger partial charge in [-0.2, -0.15) is 0 Å². The lowest BCUT2D eigenvalue weighted by Crippen LogP contribution is -2.07. The molecule has 1 unspecified atom stereocenters. The smallest absolute Gasteiger partial charge is 0.123 e. The molecule has 0 aromatic heterocycles. The van der Waals surface area contributed by atoms with Crippen LogP contribution in [0.15, 0.2) is 42.5 Å². The Morgan fingerprint density at radius 2 is 2.06 bits per heavy atom. The molecule has 18 heavy (non-hydrogen) atoms. The summed E-state index contributed by atoms with van der Waals surface area (Å²) in [7, 11) is 0. The number of hydrogen-bond donors (Lipinski definition) is 1. The molecule has 1 aliphatic carbocycles. The predicted molar refractivity (Wildman–Crippen MR) is 72.3 cm³/mol. The second kappa shape index (κ2) is 4.45. The summed E-state index contributed by atoms with van der Waals surface area (Å²) in [5.74, 6) is -0.134. The monoisotopic (exact) mass is 241 g/mol. The Bertz CT molecular complexity index is 577. The number of benzene rings is 2. The van der Waals surface area contributed by atoms with E-state index in [0.29, 0.717) is 6.04 Å². The zero-order valence-corrected chi connectivity index (χ0v) is 10.4. The van der Waals surface area contributed by atoms with Crippen LogP contribution in [-0.4, -0.2) is 0 Å². The standard InChI is InChI=1S/C16H16FN/c1-11-3-2-4-14(9-11)18-16-8-5-12-10-13(17)6-7-15(12)16/h2-4,6-7,9-10,16,18H,5,8H2,1H3. The highest BCUT2D eigenvalue weighted by molar-refractivity contribution is 5.49. The lowest BCUT2D eigenvalue weighted by molar-refractivity contribution is 0.626. The minimum atomic E-state index is -0.134. The van der Waals surface area contributed by atoms with Crippen LogP contribution in [0, 0.1) is 12.7 Å². The van der Waals surface area contributed by atoms with E-state index in [2.05, 4.69) is 36.5 Å². The van der Waals surface area contributed by atoms with Crippen LogP contribution in [0.4, 0.5) is 10.1 Å². The van der Waals surface area contributed by atoms with Crippen molar-refractivity contribution in [1.29, 1.82) is 0 Å². The van der Waals surface area contributed by atoms with Gasteiger partial charge in [0, 0.05) is 5.69 Å². The minimum Gasteiger partial charge on any atom is -0.378 e. The molecule has 3 rings (SSSR count). The summed E-state index contributed by atoms with van der Waals surface area (Å²) in [4.78, 5) is 0. The van der Waals surface area contributed by atoms with Crippen LogP contribution in [0.3, 0.4) is 0 Å². The van der Waals surface area contributed by atoms with Crippen molar-refractivity contribution >= 4 is 5.69 Å². The summed E-state index contributed by atoms with van der Waals surface area (Å²) in [6.07, 6.45) is 1.99. The lowest BCUT2D eigenvalue weighted by atomic mass is 10.1. The molecule has 1 nitrogen and oxygen atoms in total. The van der Waals surface area contributed by atoms with Crippen LogP contribution in [0.25, 0.3) is 0 Å². The van der Waals surface area contributed by atoms with Gasteiger partial charge in [-0.25, -0.2) is 4.39 Å². The molecule has 1 aliphatic rings. The molecule has 1 N–H and O–H groups in total. The third-order valence-electron chi connectivity index (χ3n) is 3.54. The molecule has 2 aromatic carbocycles. The molecule has 0 aliphatic heterocycles. The van der Waals surface area contributed by atoms with Gasteiger partial charge < -0.3 is 5.32 Å². The maximum absolute atomic E-state index is 13.1. The van der Waals surface area contributed by atoms with Crippen LogP contribution in [0.2, 0.25) is 0 Å². The Kier molecular flexibility index (Phi) is 2.78. The molecule has 0 saturated carbocycles. The first-order valence-electron chi connectivity index (χ1n) is 6.34. The van der Waals surface area contributed by atoms with Crippen molar-refractivity contribution in [2.75, 3.05) is 5.32 Å². The van der Waals surface area contributed by atoms with Crippen molar-refractivity contribution in [3.05, 3.63) is 65.0 Å². The average molecular weight is 241 g/mol. The number of halogens is 1. The van der Waals surface area contributed by atoms with Crippen molar-refractivity contribution in [3.63, 3.8) is 0 Å². The van der Waals surface area contributed by atoms with Crippen molar-refractivity contribution in [2.24, 2.45) is 0 Å². The van der Waals surface area contributed by atoms with Gasteiger partial charge in [-0.05, 0) is 60.7 Å². The van der Waals surface area contributed by atoms with E-state index in [-0.39, 0.29) is 5.82 Å². The largest absolute Gasteiger partial charge is 0.378 e. The maximum Gasteiger partial charge on any atom is 0.123 e. The van der Waals surface area contributed by atoms with E-state index in [4.69, 9.17) is 0 Å². The Morgan fingerprint density at radius 3 is 2.89 bits per heavy atom. The van der Waals surface area contributed by atoms with Crippen LogP contribution in [0.1, 0.15) is 29.2 Å². The molecule has 0 amide bonds. The molecular formula is C16H16FN. The fraction of sp³-hybridized carbons (Fsp3) is 0.250. The van der Waals surface area contributed by atoms with Crippen LogP contribution < -0.4 is 5.32 Å². The van der Waals surface area contributed by atoms with Gasteiger partial charge in [-0.1, -0.05) is 18.2 Å². The minimum absolute atomic E-state index is 0.134. The van der Waals surface area contributed by atoms with Crippen LogP contribution in [-0.2, 0) is 6.42 Å². The van der Waals surface area contributed by atoms with Crippen molar-refractivity contribution in [1.82, 2.24) is 0 Å². The van der Waals surface area contributed by atoms with E-state index in [1.165, 1.54) is 11.1 Å². The number of aryl methyl sites for hydroxylation is 2. The normalized spacial score (nSPS) is 17.6. The van der Waals surface area contributed by atoms with E-state index in [0.717, 1.165) is 24.1 Å². The van der Waals surface area contributed by atoms with Gasteiger partial charge in [-0.15, -0.1) is 0 Å². The third kappa shape index (κ3) is 2.10. The van der Waals surface area contributed by atoms with Gasteiger partial charge >= 0.3 is 0 Å². The van der Waals surface area contributed by atoms with Gasteiger partial charge in [0.15, 0.2) is 0 Å². The quantitative estimate of drug-likeness (QED) is 0.829. The summed E-state index contributed by atoms with van der Waals surface area (Å²) in [5, 5.41) is 3.53. The molecule has 92 valence electrons. The topological polar surface area (TPSA) is 12.0 Å². The van der Waals surface area contributed by atoms with E-state index in [9.17, 15) is 4.39 Å². The molecule has 0 heterocycles. The predicted octanol–water partition coefficient (Wildman–Crippen LogP) is 4.23. The molecular weight excluding hydrogens is 225 g/mol. The van der Waals surface area contributed by atoms with E-state index >= 15 is 0 Å². The van der Waals surface area contributed by atoms with Crippen molar-refractivity contribution < 1.29 is 4.39 Å². The molecule has 0 fully saturated rings. The van der Waals surface area contributed by atoms with E-state index < -0.39 is 0 Å². The number of anilines is 1. The van der Waals surface area contributed by atoms with Gasteiger partial charge in [0.25, 0.3) is 0 Å². The Morgan fingerprint density at radius 1 is 1.17 bits per heavy atom. The molecule has 2 heteroatoms. The van der Waals surface area contributed by atoms with E-state index in [1.54, 1.807) is 12.1 Å². The zero-order chi connectivity index (χ0) is 12.5. The van der Waals surface area contributed by atoms with Crippen molar-refractivity contribution in [3.8, 4) is 0 Å². The summed E-state index contributed by atoms with van der Waals surface area (Å²) in [5.41, 5.74) is 4.76. The summed E-state index contributed by atoms with van der Waals surface area (Å²) in [6, 6.07) is 13.8. The molecule has 0 spiro atoms. The summed E-state index contributed by atoms with van der Waals surface area (Å²) < 4.78 is 13.1. The fourth-order valence-corrected chi connectivity index (χ4v) is 2.67. The maximum atomic E-state index is 13.1. The summed E-state index contributed by atoms with van der Waals surface area (Å²) in [6.45, 7) is 2.09. The van der Waals surface area contributed by atoms with Crippen molar-refractivity contribution in [2.45, 2.75) is 25.8 Å². The highest BCUT2D eigenvalue weighted by atomic mass is 19.1. The Labute approximate surface area is 107 Å². The molecule has 2 aromatic rings. The Balaban J connectivity index is 1.85. The molecule has 1 atom stereocenters. The molecule has 0 radical (unpaired) electrons. The van der Waals surface area contributed by atoms with E-state index in [1.807, 2.05) is 6.07 Å².